The van der Waals surface area contributed by atoms with E-state index in [-0.39, 0.29) is 18.3 Å². The highest BCUT2D eigenvalue weighted by Gasteiger charge is 2.46. The molecule has 2 amide bonds. The Labute approximate surface area is 174 Å². The summed E-state index contributed by atoms with van der Waals surface area (Å²) in [5, 5.41) is 0. The van der Waals surface area contributed by atoms with Gasteiger partial charge in [-0.3, -0.25) is 9.59 Å². The first-order valence-corrected chi connectivity index (χ1v) is 10.4. The van der Waals surface area contributed by atoms with Gasteiger partial charge in [-0.1, -0.05) is 12.1 Å². The van der Waals surface area contributed by atoms with Crippen LogP contribution >= 0.6 is 0 Å². The number of hydrogen-bond donors (Lipinski definition) is 0. The van der Waals surface area contributed by atoms with Crippen LogP contribution in [0.3, 0.4) is 0 Å². The van der Waals surface area contributed by atoms with E-state index in [1.54, 1.807) is 12.1 Å². The Morgan fingerprint density at radius 2 is 2.00 bits per heavy atom. The molecule has 0 bridgehead atoms. The van der Waals surface area contributed by atoms with Gasteiger partial charge in [-0.2, -0.15) is 0 Å². The van der Waals surface area contributed by atoms with Gasteiger partial charge in [0, 0.05) is 31.6 Å². The van der Waals surface area contributed by atoms with Crippen LogP contribution in [-0.2, 0) is 9.59 Å². The van der Waals surface area contributed by atoms with Crippen molar-refractivity contribution >= 4 is 23.7 Å². The number of ether oxygens (including phenoxy) is 1. The van der Waals surface area contributed by atoms with Crippen LogP contribution in [0.1, 0.15) is 24.3 Å². The third-order valence-corrected chi connectivity index (χ3v) is 6.43. The Hall–Kier alpha value is -2.93. The number of halogens is 1. The minimum Gasteiger partial charge on any atom is -0.494 e. The molecule has 0 radical (unpaired) electrons. The molecule has 3 aliphatic heterocycles. The Bertz CT molecular complexity index is 965. The first-order chi connectivity index (χ1) is 14.7. The number of anilines is 2. The number of hydrogen-bond acceptors (Lipinski definition) is 5. The zero-order chi connectivity index (χ0) is 20.7. The standard InChI is InChI=1S/C23H24FN3O3/c24-16-5-7-17(8-6-16)30-12-2-10-25-11-9-20-19(13-25)18-3-1-4-21-23(18)26(20)14-22(29)27(21)15-28/h1,3-8,15,19-20H,2,9-14H2. The zero-order valence-corrected chi connectivity index (χ0v) is 16.7. The molecular formula is C23H24FN3O3. The Morgan fingerprint density at radius 1 is 1.17 bits per heavy atom. The molecule has 6 nitrogen and oxygen atoms in total. The molecule has 0 aromatic heterocycles. The van der Waals surface area contributed by atoms with Crippen molar-refractivity contribution < 1.29 is 18.7 Å². The number of carbonyl (C=O) groups is 2. The molecule has 0 saturated carbocycles. The lowest BCUT2D eigenvalue weighted by atomic mass is 9.89. The van der Waals surface area contributed by atoms with Crippen molar-refractivity contribution in [3.8, 4) is 5.75 Å². The summed E-state index contributed by atoms with van der Waals surface area (Å²) in [6.45, 7) is 3.70. The molecule has 2 unspecified atom stereocenters. The summed E-state index contributed by atoms with van der Waals surface area (Å²) in [5.41, 5.74) is 3.01. The maximum Gasteiger partial charge on any atom is 0.253 e. The van der Waals surface area contributed by atoms with Gasteiger partial charge in [0.05, 0.1) is 24.5 Å². The summed E-state index contributed by atoms with van der Waals surface area (Å²) >= 11 is 0. The van der Waals surface area contributed by atoms with Crippen LogP contribution in [0.4, 0.5) is 15.8 Å². The highest BCUT2D eigenvalue weighted by Crippen LogP contribution is 2.50. The van der Waals surface area contributed by atoms with Gasteiger partial charge in [0.15, 0.2) is 0 Å². The average molecular weight is 409 g/mol. The van der Waals surface area contributed by atoms with Crippen molar-refractivity contribution in [3.05, 3.63) is 53.8 Å². The first kappa shape index (κ1) is 19.1. The van der Waals surface area contributed by atoms with Crippen LogP contribution in [0.15, 0.2) is 42.5 Å². The lowest BCUT2D eigenvalue weighted by Crippen LogP contribution is -2.51. The molecule has 30 heavy (non-hydrogen) atoms. The second kappa shape index (κ2) is 7.72. The lowest BCUT2D eigenvalue weighted by Gasteiger charge is -2.40. The quantitative estimate of drug-likeness (QED) is 0.543. The fourth-order valence-corrected chi connectivity index (χ4v) is 5.09. The lowest BCUT2D eigenvalue weighted by molar-refractivity contribution is -0.121. The highest BCUT2D eigenvalue weighted by molar-refractivity contribution is 6.14. The van der Waals surface area contributed by atoms with Crippen LogP contribution in [-0.4, -0.2) is 56.0 Å². The van der Waals surface area contributed by atoms with Crippen LogP contribution in [0.2, 0.25) is 0 Å². The Balaban J connectivity index is 1.23. The summed E-state index contributed by atoms with van der Waals surface area (Å²) in [6, 6.07) is 12.4. The fraction of sp³-hybridized carbons (Fsp3) is 0.391. The van der Waals surface area contributed by atoms with Gasteiger partial charge in [0.2, 0.25) is 6.41 Å². The van der Waals surface area contributed by atoms with E-state index in [0.29, 0.717) is 36.4 Å². The first-order valence-electron chi connectivity index (χ1n) is 10.4. The minimum absolute atomic E-state index is 0.157. The average Bonchev–Trinajstić information content (AvgIpc) is 3.07. The van der Waals surface area contributed by atoms with Gasteiger partial charge in [0.25, 0.3) is 5.91 Å². The molecule has 1 saturated heterocycles. The van der Waals surface area contributed by atoms with E-state index in [0.717, 1.165) is 38.2 Å². The summed E-state index contributed by atoms with van der Waals surface area (Å²) < 4.78 is 18.7. The normalized spacial score (nSPS) is 22.6. The molecule has 156 valence electrons. The summed E-state index contributed by atoms with van der Waals surface area (Å²) in [4.78, 5) is 29.8. The molecule has 7 heteroatoms. The monoisotopic (exact) mass is 409 g/mol. The van der Waals surface area contributed by atoms with Crippen molar-refractivity contribution in [2.45, 2.75) is 24.8 Å². The van der Waals surface area contributed by atoms with E-state index in [1.165, 1.54) is 22.6 Å². The predicted octanol–water partition coefficient (Wildman–Crippen LogP) is 2.78. The number of para-hydroxylation sites is 1. The molecule has 1 fully saturated rings. The van der Waals surface area contributed by atoms with E-state index in [2.05, 4.69) is 15.9 Å². The third kappa shape index (κ3) is 3.23. The number of rotatable bonds is 6. The Kier molecular flexibility index (Phi) is 4.90. The largest absolute Gasteiger partial charge is 0.494 e. The predicted molar refractivity (Wildman–Crippen MR) is 111 cm³/mol. The molecule has 0 N–H and O–H groups in total. The van der Waals surface area contributed by atoms with Crippen molar-refractivity contribution in [3.63, 3.8) is 0 Å². The van der Waals surface area contributed by atoms with Crippen molar-refractivity contribution in [2.24, 2.45) is 0 Å². The van der Waals surface area contributed by atoms with Gasteiger partial charge in [-0.25, -0.2) is 9.29 Å². The third-order valence-electron chi connectivity index (χ3n) is 6.43. The molecular weight excluding hydrogens is 385 g/mol. The topological polar surface area (TPSA) is 53.1 Å². The van der Waals surface area contributed by atoms with Gasteiger partial charge < -0.3 is 14.5 Å². The number of imide groups is 1. The van der Waals surface area contributed by atoms with Crippen LogP contribution in [0.25, 0.3) is 0 Å². The number of fused-ring (bicyclic) bond motifs is 3. The number of carbonyl (C=O) groups excluding carboxylic acids is 2. The van der Waals surface area contributed by atoms with E-state index in [9.17, 15) is 14.0 Å². The van der Waals surface area contributed by atoms with Gasteiger partial charge in [-0.15, -0.1) is 0 Å². The van der Waals surface area contributed by atoms with Crippen molar-refractivity contribution in [1.82, 2.24) is 4.90 Å². The van der Waals surface area contributed by atoms with Crippen molar-refractivity contribution in [2.75, 3.05) is 42.6 Å². The summed E-state index contributed by atoms with van der Waals surface area (Å²) in [7, 11) is 0. The van der Waals surface area contributed by atoms with Gasteiger partial charge >= 0.3 is 0 Å². The minimum atomic E-state index is -0.263. The second-order valence-corrected chi connectivity index (χ2v) is 8.13. The van der Waals surface area contributed by atoms with Gasteiger partial charge in [-0.05, 0) is 48.7 Å². The number of nitrogens with zero attached hydrogens (tertiary/aromatic N) is 3. The molecule has 2 aromatic carbocycles. The van der Waals surface area contributed by atoms with E-state index < -0.39 is 0 Å². The zero-order valence-electron chi connectivity index (χ0n) is 16.7. The maximum atomic E-state index is 13.0. The van der Waals surface area contributed by atoms with Crippen LogP contribution < -0.4 is 14.5 Å². The number of likely N-dealkylation sites (tertiary alicyclic amines) is 1. The molecule has 0 aliphatic carbocycles. The molecule has 3 aliphatic rings. The fourth-order valence-electron chi connectivity index (χ4n) is 5.09. The maximum absolute atomic E-state index is 13.0. The van der Waals surface area contributed by atoms with E-state index >= 15 is 0 Å². The number of amides is 2. The SMILES string of the molecule is O=CN1C(=O)CN2c3c(cccc31)C1CN(CCCOc3ccc(F)cc3)CCC12. The number of benzene rings is 2. The molecule has 2 atom stereocenters. The van der Waals surface area contributed by atoms with Crippen LogP contribution in [0, 0.1) is 5.82 Å². The molecule has 2 aromatic rings. The summed E-state index contributed by atoms with van der Waals surface area (Å²) in [5.74, 6) is 0.605. The van der Waals surface area contributed by atoms with E-state index in [4.69, 9.17) is 4.74 Å². The van der Waals surface area contributed by atoms with E-state index in [1.807, 2.05) is 12.1 Å². The van der Waals surface area contributed by atoms with Crippen molar-refractivity contribution in [1.29, 1.82) is 0 Å². The second-order valence-electron chi connectivity index (χ2n) is 8.13. The number of piperidine rings is 1. The molecule has 5 rings (SSSR count). The Morgan fingerprint density at radius 3 is 2.80 bits per heavy atom. The highest BCUT2D eigenvalue weighted by atomic mass is 19.1. The molecule has 0 spiro atoms. The molecule has 3 heterocycles. The van der Waals surface area contributed by atoms with Crippen LogP contribution in [0.5, 0.6) is 5.75 Å². The summed E-state index contributed by atoms with van der Waals surface area (Å²) in [6.07, 6.45) is 2.51. The smallest absolute Gasteiger partial charge is 0.253 e. The van der Waals surface area contributed by atoms with Gasteiger partial charge in [0.1, 0.15) is 11.6 Å².